The third-order valence-electron chi connectivity index (χ3n) is 4.01. The first-order valence-electron chi connectivity index (χ1n) is 6.22. The summed E-state index contributed by atoms with van der Waals surface area (Å²) >= 11 is 1.71. The van der Waals surface area contributed by atoms with Crippen molar-refractivity contribution in [2.75, 3.05) is 0 Å². The Morgan fingerprint density at radius 2 is 1.61 bits per heavy atom. The molecule has 0 amide bonds. The average molecular weight is 260 g/mol. The van der Waals surface area contributed by atoms with Crippen molar-refractivity contribution in [1.29, 1.82) is 0 Å². The highest BCUT2D eigenvalue weighted by atomic mass is 32.1. The van der Waals surface area contributed by atoms with Gasteiger partial charge in [-0.15, -0.1) is 0 Å². The van der Waals surface area contributed by atoms with Gasteiger partial charge in [-0.3, -0.25) is 0 Å². The minimum atomic E-state index is -0.275. The van der Waals surface area contributed by atoms with Crippen LogP contribution in [0, 0.1) is 0 Å². The molecule has 0 bridgehead atoms. The Morgan fingerprint density at radius 1 is 1.00 bits per heavy atom. The second-order valence-corrected chi connectivity index (χ2v) is 6.69. The van der Waals surface area contributed by atoms with Crippen molar-refractivity contribution in [2.24, 2.45) is 0 Å². The van der Waals surface area contributed by atoms with E-state index in [1.807, 2.05) is 0 Å². The van der Waals surface area contributed by atoms with E-state index in [0.29, 0.717) is 0 Å². The van der Waals surface area contributed by atoms with Gasteiger partial charge < -0.3 is 9.31 Å². The van der Waals surface area contributed by atoms with Gasteiger partial charge in [0.05, 0.1) is 11.2 Å². The molecule has 1 aromatic carbocycles. The SMILES string of the molecule is CC1(C)OB(c2scc3ccccc23)OC1(C)C. The maximum absolute atomic E-state index is 6.10. The monoisotopic (exact) mass is 260 g/mol. The molecule has 2 heterocycles. The van der Waals surface area contributed by atoms with Gasteiger partial charge in [0.15, 0.2) is 0 Å². The summed E-state index contributed by atoms with van der Waals surface area (Å²) < 4.78 is 13.4. The zero-order chi connectivity index (χ0) is 13.0. The first kappa shape index (κ1) is 12.2. The Labute approximate surface area is 112 Å². The molecule has 0 atom stereocenters. The van der Waals surface area contributed by atoms with E-state index >= 15 is 0 Å². The predicted octanol–water partition coefficient (Wildman–Crippen LogP) is 3.20. The lowest BCUT2D eigenvalue weighted by Crippen LogP contribution is -2.41. The van der Waals surface area contributed by atoms with Crippen LogP contribution in [0.4, 0.5) is 0 Å². The second-order valence-electron chi connectivity index (χ2n) is 5.78. The predicted molar refractivity (Wildman–Crippen MR) is 77.5 cm³/mol. The van der Waals surface area contributed by atoms with E-state index in [9.17, 15) is 0 Å². The third-order valence-corrected chi connectivity index (χ3v) is 5.04. The molecule has 0 unspecified atom stereocenters. The van der Waals surface area contributed by atoms with Crippen LogP contribution < -0.4 is 4.78 Å². The molecule has 94 valence electrons. The van der Waals surface area contributed by atoms with Crippen molar-refractivity contribution < 1.29 is 9.31 Å². The number of fused-ring (bicyclic) bond motifs is 1. The van der Waals surface area contributed by atoms with Gasteiger partial charge in [0.25, 0.3) is 0 Å². The molecular weight excluding hydrogens is 243 g/mol. The molecule has 4 heteroatoms. The van der Waals surface area contributed by atoms with E-state index in [2.05, 4.69) is 57.3 Å². The Kier molecular flexibility index (Phi) is 2.60. The van der Waals surface area contributed by atoms with Crippen molar-refractivity contribution in [2.45, 2.75) is 38.9 Å². The summed E-state index contributed by atoms with van der Waals surface area (Å²) in [6.45, 7) is 8.34. The van der Waals surface area contributed by atoms with E-state index in [4.69, 9.17) is 9.31 Å². The molecule has 0 radical (unpaired) electrons. The summed E-state index contributed by atoms with van der Waals surface area (Å²) in [5.41, 5.74) is -0.550. The van der Waals surface area contributed by atoms with Crippen LogP contribution in [0.3, 0.4) is 0 Å². The lowest BCUT2D eigenvalue weighted by atomic mass is 9.85. The molecule has 1 aromatic heterocycles. The molecule has 0 saturated carbocycles. The summed E-state index contributed by atoms with van der Waals surface area (Å²) in [4.78, 5) is 0. The van der Waals surface area contributed by atoms with Crippen LogP contribution in [0.15, 0.2) is 29.6 Å². The van der Waals surface area contributed by atoms with Crippen molar-refractivity contribution >= 4 is 34.0 Å². The van der Waals surface area contributed by atoms with Gasteiger partial charge in [0, 0.05) is 4.78 Å². The van der Waals surface area contributed by atoms with Crippen LogP contribution in [-0.2, 0) is 9.31 Å². The van der Waals surface area contributed by atoms with Crippen LogP contribution >= 0.6 is 11.3 Å². The smallest absolute Gasteiger partial charge is 0.399 e. The number of benzene rings is 1. The van der Waals surface area contributed by atoms with Gasteiger partial charge >= 0.3 is 7.12 Å². The van der Waals surface area contributed by atoms with E-state index in [-0.39, 0.29) is 18.3 Å². The van der Waals surface area contributed by atoms with E-state index < -0.39 is 0 Å². The molecule has 0 aliphatic carbocycles. The van der Waals surface area contributed by atoms with Crippen LogP contribution in [0.25, 0.3) is 10.8 Å². The Balaban J connectivity index is 2.03. The number of thiophene rings is 1. The van der Waals surface area contributed by atoms with Crippen LogP contribution in [0.2, 0.25) is 0 Å². The summed E-state index contributed by atoms with van der Waals surface area (Å²) in [5, 5.41) is 4.66. The van der Waals surface area contributed by atoms with Gasteiger partial charge in [0.2, 0.25) is 0 Å². The van der Waals surface area contributed by atoms with Crippen molar-refractivity contribution in [3.05, 3.63) is 29.6 Å². The summed E-state index contributed by atoms with van der Waals surface area (Å²) in [7, 11) is -0.250. The second kappa shape index (κ2) is 3.83. The van der Waals surface area contributed by atoms with Crippen LogP contribution in [0.5, 0.6) is 0 Å². The molecule has 2 aromatic rings. The van der Waals surface area contributed by atoms with E-state index in [1.54, 1.807) is 11.3 Å². The molecule has 18 heavy (non-hydrogen) atoms. The Hall–Kier alpha value is -0.835. The van der Waals surface area contributed by atoms with E-state index in [0.717, 1.165) is 0 Å². The minimum absolute atomic E-state index is 0.250. The fourth-order valence-electron chi connectivity index (χ4n) is 2.15. The number of rotatable bonds is 1. The van der Waals surface area contributed by atoms with Crippen LogP contribution in [0.1, 0.15) is 27.7 Å². The lowest BCUT2D eigenvalue weighted by Gasteiger charge is -2.32. The van der Waals surface area contributed by atoms with E-state index in [1.165, 1.54) is 15.5 Å². The Morgan fingerprint density at radius 3 is 2.28 bits per heavy atom. The summed E-state index contributed by atoms with van der Waals surface area (Å²) in [6.07, 6.45) is 0. The maximum atomic E-state index is 6.10. The average Bonchev–Trinajstić information content (AvgIpc) is 2.78. The van der Waals surface area contributed by atoms with Crippen molar-refractivity contribution in [3.8, 4) is 0 Å². The molecule has 2 nitrogen and oxygen atoms in total. The van der Waals surface area contributed by atoms with Crippen molar-refractivity contribution in [1.82, 2.24) is 0 Å². The van der Waals surface area contributed by atoms with Crippen molar-refractivity contribution in [3.63, 3.8) is 0 Å². The normalized spacial score (nSPS) is 21.7. The first-order valence-corrected chi connectivity index (χ1v) is 7.10. The molecule has 3 rings (SSSR count). The van der Waals surface area contributed by atoms with Gasteiger partial charge in [-0.1, -0.05) is 24.3 Å². The largest absolute Gasteiger partial charge is 0.506 e. The summed E-state index contributed by atoms with van der Waals surface area (Å²) in [5.74, 6) is 0. The fraction of sp³-hybridized carbons (Fsp3) is 0.429. The third kappa shape index (κ3) is 1.71. The molecule has 0 spiro atoms. The highest BCUT2D eigenvalue weighted by Gasteiger charge is 2.52. The zero-order valence-electron chi connectivity index (χ0n) is 11.2. The minimum Gasteiger partial charge on any atom is -0.399 e. The lowest BCUT2D eigenvalue weighted by molar-refractivity contribution is 0.00578. The molecule has 0 N–H and O–H groups in total. The van der Waals surface area contributed by atoms with Gasteiger partial charge in [-0.05, 0) is 43.8 Å². The molecule has 1 saturated heterocycles. The topological polar surface area (TPSA) is 18.5 Å². The number of hydrogen-bond donors (Lipinski definition) is 0. The van der Waals surface area contributed by atoms with Gasteiger partial charge in [-0.2, -0.15) is 11.3 Å². The Bertz CT molecular complexity index is 572. The van der Waals surface area contributed by atoms with Crippen LogP contribution in [-0.4, -0.2) is 18.3 Å². The van der Waals surface area contributed by atoms with Gasteiger partial charge in [0.1, 0.15) is 0 Å². The fourth-order valence-corrected chi connectivity index (χ4v) is 3.13. The maximum Gasteiger partial charge on any atom is 0.506 e. The molecule has 1 aliphatic heterocycles. The first-order chi connectivity index (χ1) is 8.41. The number of hydrogen-bond acceptors (Lipinski definition) is 3. The zero-order valence-corrected chi connectivity index (χ0v) is 12.0. The quantitative estimate of drug-likeness (QED) is 0.733. The van der Waals surface area contributed by atoms with Gasteiger partial charge in [-0.25, -0.2) is 0 Å². The standard InChI is InChI=1S/C14H17BO2S/c1-13(2)14(3,4)17-15(16-13)12-11-8-6-5-7-10(11)9-18-12/h5-9H,1-4H3. The highest BCUT2D eigenvalue weighted by Crippen LogP contribution is 2.37. The molecule has 1 aliphatic rings. The molecule has 1 fully saturated rings. The molecular formula is C14H17BO2S. The summed E-state index contributed by atoms with van der Waals surface area (Å²) in [6, 6.07) is 8.37. The highest BCUT2D eigenvalue weighted by molar-refractivity contribution is 7.22.